The van der Waals surface area contributed by atoms with Crippen LogP contribution in [0.2, 0.25) is 0 Å². The summed E-state index contributed by atoms with van der Waals surface area (Å²) < 4.78 is 13.0. The molecule has 0 atom stereocenters. The third-order valence-electron chi connectivity index (χ3n) is 4.75. The van der Waals surface area contributed by atoms with E-state index >= 15 is 0 Å². The lowest BCUT2D eigenvalue weighted by molar-refractivity contribution is 0.0951. The van der Waals surface area contributed by atoms with Crippen LogP contribution in [0, 0.1) is 5.92 Å². The average molecular weight is 473 g/mol. The van der Waals surface area contributed by atoms with Crippen molar-refractivity contribution < 1.29 is 14.3 Å². The maximum atomic E-state index is 12.7. The minimum atomic E-state index is -0.186. The Hall–Kier alpha value is -3.01. The van der Waals surface area contributed by atoms with Gasteiger partial charge in [0.05, 0.1) is 31.3 Å². The van der Waals surface area contributed by atoms with Crippen LogP contribution >= 0.6 is 11.8 Å². The normalized spacial score (nSPS) is 11.1. The van der Waals surface area contributed by atoms with E-state index in [9.17, 15) is 4.79 Å². The Labute approximate surface area is 198 Å². The monoisotopic (exact) mass is 472 g/mol. The van der Waals surface area contributed by atoms with Crippen LogP contribution in [0.1, 0.15) is 38.1 Å². The number of anilines is 1. The molecule has 0 aliphatic rings. The van der Waals surface area contributed by atoms with Gasteiger partial charge in [0.25, 0.3) is 5.91 Å². The highest BCUT2D eigenvalue weighted by atomic mass is 32.2. The van der Waals surface area contributed by atoms with Crippen LogP contribution in [0.15, 0.2) is 29.6 Å². The maximum absolute atomic E-state index is 12.7. The second-order valence-electron chi connectivity index (χ2n) is 7.72. The average Bonchev–Trinajstić information content (AvgIpc) is 3.21. The molecule has 1 aromatic carbocycles. The molecule has 0 saturated heterocycles. The number of nitrogens with one attached hydrogen (secondary N) is 2. The van der Waals surface area contributed by atoms with Gasteiger partial charge in [-0.25, -0.2) is 14.6 Å². The van der Waals surface area contributed by atoms with E-state index in [4.69, 9.17) is 9.47 Å². The molecule has 0 saturated carbocycles. The Bertz CT molecular complexity index is 1090. The van der Waals surface area contributed by atoms with Crippen LogP contribution in [0.25, 0.3) is 11.0 Å². The molecule has 0 radical (unpaired) electrons. The van der Waals surface area contributed by atoms with E-state index in [2.05, 4.69) is 39.5 Å². The predicted molar refractivity (Wildman–Crippen MR) is 132 cm³/mol. The summed E-state index contributed by atoms with van der Waals surface area (Å²) >= 11 is 1.48. The van der Waals surface area contributed by atoms with Gasteiger partial charge in [-0.1, -0.05) is 25.6 Å². The van der Waals surface area contributed by atoms with Crippen LogP contribution in [0.3, 0.4) is 0 Å². The molecular weight excluding hydrogens is 440 g/mol. The lowest BCUT2D eigenvalue weighted by Gasteiger charge is -2.13. The van der Waals surface area contributed by atoms with Crippen LogP contribution < -0.4 is 20.1 Å². The zero-order chi connectivity index (χ0) is 23.8. The molecule has 0 aliphatic carbocycles. The van der Waals surface area contributed by atoms with E-state index < -0.39 is 0 Å². The number of aromatic nitrogens is 4. The molecule has 0 unspecified atom stereocenters. The van der Waals surface area contributed by atoms with E-state index in [-0.39, 0.29) is 5.91 Å². The molecule has 33 heavy (non-hydrogen) atoms. The standard InChI is InChI=1S/C23H32N6O3S/c1-6-31-18-9-8-16(12-19(18)32-7-2)22(30)24-10-11-29-21-17(14-26-29)20(25-13-15(3)4)27-23(28-21)33-5/h8-9,12,14-15H,6-7,10-11,13H2,1-5H3,(H,24,30)(H,25,27,28). The Morgan fingerprint density at radius 2 is 1.91 bits per heavy atom. The third kappa shape index (κ3) is 6.28. The Balaban J connectivity index is 1.70. The summed E-state index contributed by atoms with van der Waals surface area (Å²) in [7, 11) is 0. The zero-order valence-electron chi connectivity index (χ0n) is 19.8. The van der Waals surface area contributed by atoms with Crippen molar-refractivity contribution in [1.82, 2.24) is 25.1 Å². The van der Waals surface area contributed by atoms with Gasteiger partial charge in [-0.15, -0.1) is 0 Å². The minimum absolute atomic E-state index is 0.186. The highest BCUT2D eigenvalue weighted by molar-refractivity contribution is 7.98. The SMILES string of the molecule is CCOc1ccc(C(=O)NCCn2ncc3c(NCC(C)C)nc(SC)nc32)cc1OCC. The molecular formula is C23H32N6O3S. The van der Waals surface area contributed by atoms with Crippen molar-refractivity contribution in [2.45, 2.75) is 39.4 Å². The first kappa shape index (κ1) is 24.6. The fraction of sp³-hybridized carbons (Fsp3) is 0.478. The topological polar surface area (TPSA) is 103 Å². The number of benzene rings is 1. The summed E-state index contributed by atoms with van der Waals surface area (Å²) in [5, 5.41) is 12.4. The van der Waals surface area contributed by atoms with Crippen molar-refractivity contribution in [2.75, 3.05) is 37.9 Å². The van der Waals surface area contributed by atoms with Gasteiger partial charge in [0.15, 0.2) is 22.3 Å². The predicted octanol–water partition coefficient (Wildman–Crippen LogP) is 3.84. The molecule has 10 heteroatoms. The van der Waals surface area contributed by atoms with Crippen molar-refractivity contribution in [3.8, 4) is 11.5 Å². The highest BCUT2D eigenvalue weighted by Crippen LogP contribution is 2.28. The number of hydrogen-bond donors (Lipinski definition) is 2. The Morgan fingerprint density at radius 1 is 1.15 bits per heavy atom. The number of fused-ring (bicyclic) bond motifs is 1. The summed E-state index contributed by atoms with van der Waals surface area (Å²) in [4.78, 5) is 21.9. The van der Waals surface area contributed by atoms with E-state index in [1.165, 1.54) is 11.8 Å². The summed E-state index contributed by atoms with van der Waals surface area (Å²) in [6, 6.07) is 5.20. The fourth-order valence-electron chi connectivity index (χ4n) is 3.20. The first-order valence-electron chi connectivity index (χ1n) is 11.2. The van der Waals surface area contributed by atoms with Crippen LogP contribution in [0.5, 0.6) is 11.5 Å². The van der Waals surface area contributed by atoms with Crippen molar-refractivity contribution in [2.24, 2.45) is 5.92 Å². The zero-order valence-corrected chi connectivity index (χ0v) is 20.7. The largest absolute Gasteiger partial charge is 0.490 e. The van der Waals surface area contributed by atoms with Gasteiger partial charge < -0.3 is 20.1 Å². The third-order valence-corrected chi connectivity index (χ3v) is 5.30. The number of nitrogens with zero attached hydrogens (tertiary/aromatic N) is 4. The van der Waals surface area contributed by atoms with Gasteiger partial charge in [0, 0.05) is 18.7 Å². The molecule has 3 rings (SSSR count). The van der Waals surface area contributed by atoms with Crippen molar-refractivity contribution in [3.63, 3.8) is 0 Å². The van der Waals surface area contributed by atoms with E-state index in [0.29, 0.717) is 54.4 Å². The molecule has 0 spiro atoms. The smallest absolute Gasteiger partial charge is 0.251 e. The van der Waals surface area contributed by atoms with Crippen LogP contribution in [-0.4, -0.2) is 58.2 Å². The van der Waals surface area contributed by atoms with Crippen molar-refractivity contribution in [1.29, 1.82) is 0 Å². The lowest BCUT2D eigenvalue weighted by Crippen LogP contribution is -2.27. The highest BCUT2D eigenvalue weighted by Gasteiger charge is 2.14. The number of rotatable bonds is 12. The van der Waals surface area contributed by atoms with Gasteiger partial charge in [-0.2, -0.15) is 5.10 Å². The van der Waals surface area contributed by atoms with Crippen LogP contribution in [0.4, 0.5) is 5.82 Å². The molecule has 9 nitrogen and oxygen atoms in total. The van der Waals surface area contributed by atoms with Gasteiger partial charge in [-0.3, -0.25) is 4.79 Å². The van der Waals surface area contributed by atoms with Gasteiger partial charge in [-0.05, 0) is 44.2 Å². The van der Waals surface area contributed by atoms with Crippen molar-refractivity contribution in [3.05, 3.63) is 30.0 Å². The van der Waals surface area contributed by atoms with E-state index in [0.717, 1.165) is 23.4 Å². The van der Waals surface area contributed by atoms with E-state index in [1.54, 1.807) is 29.1 Å². The second-order valence-corrected chi connectivity index (χ2v) is 8.50. The molecule has 2 aromatic heterocycles. The van der Waals surface area contributed by atoms with Crippen LogP contribution in [-0.2, 0) is 6.54 Å². The maximum Gasteiger partial charge on any atom is 0.251 e. The first-order valence-corrected chi connectivity index (χ1v) is 12.4. The molecule has 2 N–H and O–H groups in total. The number of thioether (sulfide) groups is 1. The molecule has 3 aromatic rings. The molecule has 0 bridgehead atoms. The summed E-state index contributed by atoms with van der Waals surface area (Å²) in [6.07, 6.45) is 3.71. The van der Waals surface area contributed by atoms with Gasteiger partial charge >= 0.3 is 0 Å². The Kier molecular flexibility index (Phi) is 8.76. The quantitative estimate of drug-likeness (QED) is 0.303. The first-order chi connectivity index (χ1) is 16.0. The number of carbonyl (C=O) groups is 1. The summed E-state index contributed by atoms with van der Waals surface area (Å²) in [5.41, 5.74) is 1.26. The molecule has 178 valence electrons. The lowest BCUT2D eigenvalue weighted by atomic mass is 10.2. The number of amides is 1. The van der Waals surface area contributed by atoms with Crippen molar-refractivity contribution >= 4 is 34.5 Å². The fourth-order valence-corrected chi connectivity index (χ4v) is 3.56. The number of ether oxygens (including phenoxy) is 2. The number of carbonyl (C=O) groups excluding carboxylic acids is 1. The number of hydrogen-bond acceptors (Lipinski definition) is 8. The minimum Gasteiger partial charge on any atom is -0.490 e. The summed E-state index contributed by atoms with van der Waals surface area (Å²) in [5.74, 6) is 2.28. The Morgan fingerprint density at radius 3 is 2.61 bits per heavy atom. The molecule has 0 fully saturated rings. The second kappa shape index (κ2) is 11.7. The van der Waals surface area contributed by atoms with Gasteiger partial charge in [0.1, 0.15) is 5.82 Å². The molecule has 1 amide bonds. The summed E-state index contributed by atoms with van der Waals surface area (Å²) in [6.45, 7) is 10.8. The molecule has 0 aliphatic heterocycles. The molecule has 2 heterocycles. The van der Waals surface area contributed by atoms with Gasteiger partial charge in [0.2, 0.25) is 0 Å². The van der Waals surface area contributed by atoms with E-state index in [1.807, 2.05) is 20.1 Å².